The van der Waals surface area contributed by atoms with Crippen molar-refractivity contribution in [1.29, 1.82) is 0 Å². The first-order chi connectivity index (χ1) is 8.67. The van der Waals surface area contributed by atoms with Gasteiger partial charge >= 0.3 is 0 Å². The Morgan fingerprint density at radius 1 is 1.22 bits per heavy atom. The summed E-state index contributed by atoms with van der Waals surface area (Å²) in [6, 6.07) is 9.11. The number of rotatable bonds is 8. The zero-order chi connectivity index (χ0) is 13.4. The molecule has 0 spiro atoms. The molecule has 2 heteroatoms. The highest BCUT2D eigenvalue weighted by atomic mass is 16.5. The normalized spacial score (nSPS) is 12.9. The lowest BCUT2D eigenvalue weighted by Gasteiger charge is -2.21. The molecule has 0 aliphatic carbocycles. The van der Waals surface area contributed by atoms with Gasteiger partial charge in [0.25, 0.3) is 0 Å². The van der Waals surface area contributed by atoms with Crippen molar-refractivity contribution in [3.8, 4) is 0 Å². The van der Waals surface area contributed by atoms with Crippen molar-refractivity contribution in [1.82, 2.24) is 5.32 Å². The van der Waals surface area contributed by atoms with E-state index >= 15 is 0 Å². The molecule has 1 aromatic carbocycles. The Hall–Kier alpha value is -0.860. The highest BCUT2D eigenvalue weighted by Gasteiger charge is 2.11. The van der Waals surface area contributed by atoms with E-state index in [1.807, 2.05) is 0 Å². The van der Waals surface area contributed by atoms with Gasteiger partial charge in [0.1, 0.15) is 0 Å². The van der Waals surface area contributed by atoms with E-state index in [9.17, 15) is 0 Å². The lowest BCUT2D eigenvalue weighted by atomic mass is 10.0. The minimum atomic E-state index is 0.283. The third-order valence-electron chi connectivity index (χ3n) is 3.00. The maximum Gasteiger partial charge on any atom is 0.0664 e. The first-order valence-electron chi connectivity index (χ1n) is 7.11. The summed E-state index contributed by atoms with van der Waals surface area (Å²) in [6.07, 6.45) is 2.51. The molecular weight excluding hydrogens is 222 g/mol. The van der Waals surface area contributed by atoms with Crippen molar-refractivity contribution in [2.45, 2.75) is 52.7 Å². The van der Waals surface area contributed by atoms with Crippen molar-refractivity contribution < 1.29 is 4.74 Å². The van der Waals surface area contributed by atoms with Crippen LogP contribution in [0.3, 0.4) is 0 Å². The molecule has 0 bridgehead atoms. The predicted octanol–water partition coefficient (Wildman–Crippen LogP) is 3.71. The zero-order valence-electron chi connectivity index (χ0n) is 12.2. The molecule has 18 heavy (non-hydrogen) atoms. The fourth-order valence-electron chi connectivity index (χ4n) is 1.91. The minimum absolute atomic E-state index is 0.283. The van der Waals surface area contributed by atoms with Gasteiger partial charge in [-0.05, 0) is 44.4 Å². The van der Waals surface area contributed by atoms with E-state index in [1.165, 1.54) is 11.1 Å². The van der Waals surface area contributed by atoms with Crippen molar-refractivity contribution in [3.05, 3.63) is 35.4 Å². The van der Waals surface area contributed by atoms with Crippen LogP contribution in [0, 0.1) is 0 Å². The first-order valence-corrected chi connectivity index (χ1v) is 7.11. The predicted molar refractivity (Wildman–Crippen MR) is 77.9 cm³/mol. The molecule has 0 fully saturated rings. The van der Waals surface area contributed by atoms with Crippen LogP contribution in [-0.4, -0.2) is 19.3 Å². The van der Waals surface area contributed by atoms with Gasteiger partial charge in [-0.3, -0.25) is 0 Å². The van der Waals surface area contributed by atoms with E-state index in [0.29, 0.717) is 6.04 Å². The van der Waals surface area contributed by atoms with Gasteiger partial charge in [-0.2, -0.15) is 0 Å². The van der Waals surface area contributed by atoms with Gasteiger partial charge < -0.3 is 10.1 Å². The van der Waals surface area contributed by atoms with Gasteiger partial charge in [0.15, 0.2) is 0 Å². The molecule has 2 nitrogen and oxygen atoms in total. The largest absolute Gasteiger partial charge is 0.377 e. The topological polar surface area (TPSA) is 21.3 Å². The maximum atomic E-state index is 5.77. The van der Waals surface area contributed by atoms with E-state index in [2.05, 4.69) is 57.3 Å². The molecule has 1 aromatic rings. The summed E-state index contributed by atoms with van der Waals surface area (Å²) in [5, 5.41) is 3.57. The van der Waals surface area contributed by atoms with Crippen LogP contribution in [0.2, 0.25) is 0 Å². The second-order valence-electron chi connectivity index (χ2n) is 4.99. The molecule has 1 rings (SSSR count). The van der Waals surface area contributed by atoms with Crippen LogP contribution in [-0.2, 0) is 11.2 Å². The molecular formula is C16H27NO. The van der Waals surface area contributed by atoms with E-state index in [4.69, 9.17) is 4.74 Å². The molecule has 1 N–H and O–H groups in total. The van der Waals surface area contributed by atoms with Crippen LogP contribution in [0.4, 0.5) is 0 Å². The summed E-state index contributed by atoms with van der Waals surface area (Å²) < 4.78 is 5.77. The summed E-state index contributed by atoms with van der Waals surface area (Å²) in [6.45, 7) is 10.3. The SMILES string of the molecule is CCCNC(COC(C)C)c1cccc(CC)c1. The Labute approximate surface area is 112 Å². The van der Waals surface area contributed by atoms with Gasteiger partial charge in [-0.15, -0.1) is 0 Å². The van der Waals surface area contributed by atoms with E-state index in [-0.39, 0.29) is 6.10 Å². The molecule has 0 aliphatic heterocycles. The average molecular weight is 249 g/mol. The fraction of sp³-hybridized carbons (Fsp3) is 0.625. The standard InChI is InChI=1S/C16H27NO/c1-5-10-17-16(12-18-13(3)4)15-9-7-8-14(6-2)11-15/h7-9,11,13,16-17H,5-6,10,12H2,1-4H3. The molecule has 0 aliphatic rings. The molecule has 0 saturated carbocycles. The molecule has 0 amide bonds. The maximum absolute atomic E-state index is 5.77. The highest BCUT2D eigenvalue weighted by molar-refractivity contribution is 5.26. The van der Waals surface area contributed by atoms with Crippen LogP contribution in [0.15, 0.2) is 24.3 Å². The van der Waals surface area contributed by atoms with Gasteiger partial charge in [0.2, 0.25) is 0 Å². The van der Waals surface area contributed by atoms with Crippen molar-refractivity contribution in [2.24, 2.45) is 0 Å². The molecule has 0 aromatic heterocycles. The number of aryl methyl sites for hydroxylation is 1. The van der Waals surface area contributed by atoms with Crippen LogP contribution < -0.4 is 5.32 Å². The molecule has 0 radical (unpaired) electrons. The Morgan fingerprint density at radius 2 is 2.00 bits per heavy atom. The lowest BCUT2D eigenvalue weighted by Crippen LogP contribution is -2.27. The highest BCUT2D eigenvalue weighted by Crippen LogP contribution is 2.16. The van der Waals surface area contributed by atoms with Gasteiger partial charge in [-0.1, -0.05) is 38.1 Å². The number of benzene rings is 1. The van der Waals surface area contributed by atoms with E-state index in [0.717, 1.165) is 26.0 Å². The van der Waals surface area contributed by atoms with Crippen molar-refractivity contribution >= 4 is 0 Å². The van der Waals surface area contributed by atoms with Crippen LogP contribution in [0.1, 0.15) is 51.3 Å². The number of ether oxygens (including phenoxy) is 1. The number of hydrogen-bond acceptors (Lipinski definition) is 2. The first kappa shape index (κ1) is 15.2. The summed E-state index contributed by atoms with van der Waals surface area (Å²) >= 11 is 0. The Morgan fingerprint density at radius 3 is 2.61 bits per heavy atom. The molecule has 0 saturated heterocycles. The number of hydrogen-bond donors (Lipinski definition) is 1. The molecule has 102 valence electrons. The van der Waals surface area contributed by atoms with Gasteiger partial charge in [-0.25, -0.2) is 0 Å². The minimum Gasteiger partial charge on any atom is -0.377 e. The molecule has 1 atom stereocenters. The summed E-state index contributed by atoms with van der Waals surface area (Å²) in [5.74, 6) is 0. The van der Waals surface area contributed by atoms with E-state index in [1.54, 1.807) is 0 Å². The van der Waals surface area contributed by atoms with Crippen molar-refractivity contribution in [2.75, 3.05) is 13.2 Å². The number of nitrogens with one attached hydrogen (secondary N) is 1. The summed E-state index contributed by atoms with van der Waals surface area (Å²) in [5.41, 5.74) is 2.73. The fourth-order valence-corrected chi connectivity index (χ4v) is 1.91. The Kier molecular flexibility index (Phi) is 6.99. The smallest absolute Gasteiger partial charge is 0.0664 e. The van der Waals surface area contributed by atoms with Gasteiger partial charge in [0, 0.05) is 0 Å². The zero-order valence-corrected chi connectivity index (χ0v) is 12.2. The van der Waals surface area contributed by atoms with Gasteiger partial charge in [0.05, 0.1) is 18.8 Å². The van der Waals surface area contributed by atoms with E-state index < -0.39 is 0 Å². The lowest BCUT2D eigenvalue weighted by molar-refractivity contribution is 0.0611. The summed E-state index contributed by atoms with van der Waals surface area (Å²) in [7, 11) is 0. The van der Waals surface area contributed by atoms with Crippen LogP contribution >= 0.6 is 0 Å². The van der Waals surface area contributed by atoms with Crippen LogP contribution in [0.5, 0.6) is 0 Å². The average Bonchev–Trinajstić information content (AvgIpc) is 2.38. The van der Waals surface area contributed by atoms with Crippen molar-refractivity contribution in [3.63, 3.8) is 0 Å². The van der Waals surface area contributed by atoms with Crippen LogP contribution in [0.25, 0.3) is 0 Å². The Balaban J connectivity index is 2.72. The third kappa shape index (κ3) is 5.19. The monoisotopic (exact) mass is 249 g/mol. The molecule has 1 unspecified atom stereocenters. The summed E-state index contributed by atoms with van der Waals surface area (Å²) in [4.78, 5) is 0. The third-order valence-corrected chi connectivity index (χ3v) is 3.00. The second-order valence-corrected chi connectivity index (χ2v) is 4.99. The second kappa shape index (κ2) is 8.28. The molecule has 0 heterocycles. The quantitative estimate of drug-likeness (QED) is 0.758. The Bertz CT molecular complexity index is 336.